The smallest absolute Gasteiger partial charge is 0.260 e. The fourth-order valence-electron chi connectivity index (χ4n) is 4.06. The number of piperazine rings is 1. The molecule has 2 aromatic rings. The quantitative estimate of drug-likeness (QED) is 0.772. The molecule has 0 unspecified atom stereocenters. The highest BCUT2D eigenvalue weighted by atomic mass is 19.3. The molecule has 2 aliphatic rings. The highest BCUT2D eigenvalue weighted by Crippen LogP contribution is 2.35. The lowest BCUT2D eigenvalue weighted by atomic mass is 9.99. The van der Waals surface area contributed by atoms with E-state index in [9.17, 15) is 18.4 Å². The molecule has 0 saturated carbocycles. The molecule has 2 atom stereocenters. The Kier molecular flexibility index (Phi) is 5.65. The molecule has 0 bridgehead atoms. The van der Waals surface area contributed by atoms with Crippen LogP contribution in [0.3, 0.4) is 0 Å². The first-order chi connectivity index (χ1) is 14.7. The van der Waals surface area contributed by atoms with Crippen molar-refractivity contribution in [1.29, 1.82) is 0 Å². The van der Waals surface area contributed by atoms with Crippen molar-refractivity contribution < 1.29 is 23.1 Å². The van der Waals surface area contributed by atoms with Gasteiger partial charge in [-0.2, -0.15) is 0 Å². The van der Waals surface area contributed by atoms with Crippen LogP contribution in [0, 0.1) is 5.92 Å². The molecule has 2 amide bonds. The highest BCUT2D eigenvalue weighted by molar-refractivity contribution is 5.95. The number of hydrogen-bond donors (Lipinski definition) is 1. The van der Waals surface area contributed by atoms with Crippen LogP contribution in [0.1, 0.15) is 12.5 Å². The summed E-state index contributed by atoms with van der Waals surface area (Å²) in [6.07, 6.45) is -0.564. The lowest BCUT2D eigenvalue weighted by molar-refractivity contribution is -0.123. The van der Waals surface area contributed by atoms with Gasteiger partial charge in [-0.3, -0.25) is 19.4 Å². The van der Waals surface area contributed by atoms with Crippen LogP contribution in [0.15, 0.2) is 24.4 Å². The number of alkyl halides is 2. The number of likely N-dealkylation sites (N-methyl/N-ethyl adjacent to an activating group) is 1. The minimum Gasteiger partial charge on any atom is -0.491 e. The van der Waals surface area contributed by atoms with Crippen molar-refractivity contribution in [3.05, 3.63) is 30.0 Å². The fraction of sp³-hybridized carbons (Fsp3) is 0.476. The molecule has 1 aromatic carbocycles. The number of fused-ring (bicyclic) bond motifs is 3. The van der Waals surface area contributed by atoms with Gasteiger partial charge in [0.25, 0.3) is 6.43 Å². The molecule has 8 nitrogen and oxygen atoms in total. The third-order valence-electron chi connectivity index (χ3n) is 5.71. The monoisotopic (exact) mass is 433 g/mol. The predicted octanol–water partition coefficient (Wildman–Crippen LogP) is 1.52. The Morgan fingerprint density at radius 2 is 2.16 bits per heavy atom. The molecule has 31 heavy (non-hydrogen) atoms. The van der Waals surface area contributed by atoms with Gasteiger partial charge in [-0.05, 0) is 31.2 Å². The molecule has 4 rings (SSSR count). The Hall–Kier alpha value is -3.01. The van der Waals surface area contributed by atoms with Crippen molar-refractivity contribution in [2.45, 2.75) is 32.4 Å². The van der Waals surface area contributed by atoms with E-state index in [1.54, 1.807) is 25.1 Å². The minimum atomic E-state index is -2.68. The summed E-state index contributed by atoms with van der Waals surface area (Å²) in [6, 6.07) is 4.30. The van der Waals surface area contributed by atoms with Crippen LogP contribution in [0.4, 0.5) is 14.6 Å². The molecule has 166 valence electrons. The van der Waals surface area contributed by atoms with E-state index in [0.29, 0.717) is 36.7 Å². The Morgan fingerprint density at radius 1 is 1.39 bits per heavy atom. The van der Waals surface area contributed by atoms with Gasteiger partial charge < -0.3 is 15.0 Å². The van der Waals surface area contributed by atoms with Crippen LogP contribution in [-0.2, 0) is 22.6 Å². The average molecular weight is 433 g/mol. The molecule has 2 aliphatic heterocycles. The third kappa shape index (κ3) is 4.12. The molecule has 3 heterocycles. The van der Waals surface area contributed by atoms with Crippen LogP contribution in [0.25, 0.3) is 11.4 Å². The Labute approximate surface area is 178 Å². The van der Waals surface area contributed by atoms with Crippen molar-refractivity contribution in [3.8, 4) is 17.1 Å². The van der Waals surface area contributed by atoms with E-state index < -0.39 is 18.4 Å². The number of nitrogens with zero attached hydrogens (tertiary/aromatic N) is 4. The van der Waals surface area contributed by atoms with Gasteiger partial charge in [0.15, 0.2) is 5.82 Å². The first kappa shape index (κ1) is 21.2. The van der Waals surface area contributed by atoms with Gasteiger partial charge in [-0.15, -0.1) is 0 Å². The first-order valence-corrected chi connectivity index (χ1v) is 10.2. The van der Waals surface area contributed by atoms with Crippen LogP contribution >= 0.6 is 0 Å². The van der Waals surface area contributed by atoms with Gasteiger partial charge >= 0.3 is 0 Å². The number of imidazole rings is 1. The van der Waals surface area contributed by atoms with Gasteiger partial charge in [0, 0.05) is 18.7 Å². The van der Waals surface area contributed by atoms with Crippen LogP contribution < -0.4 is 15.4 Å². The molecular weight excluding hydrogens is 408 g/mol. The molecule has 0 radical (unpaired) electrons. The molecule has 1 saturated heterocycles. The predicted molar refractivity (Wildman–Crippen MR) is 110 cm³/mol. The van der Waals surface area contributed by atoms with Crippen molar-refractivity contribution in [2.24, 2.45) is 11.7 Å². The number of benzene rings is 1. The number of nitrogens with two attached hydrogens (primary N) is 1. The first-order valence-electron chi connectivity index (χ1n) is 10.2. The van der Waals surface area contributed by atoms with Crippen molar-refractivity contribution >= 4 is 17.6 Å². The summed E-state index contributed by atoms with van der Waals surface area (Å²) >= 11 is 0. The number of rotatable bonds is 5. The van der Waals surface area contributed by atoms with Crippen LogP contribution in [0.2, 0.25) is 0 Å². The van der Waals surface area contributed by atoms with Gasteiger partial charge in [0.2, 0.25) is 11.8 Å². The van der Waals surface area contributed by atoms with E-state index in [1.807, 2.05) is 22.8 Å². The van der Waals surface area contributed by atoms with Gasteiger partial charge in [-0.25, -0.2) is 13.8 Å². The Balaban J connectivity index is 1.69. The number of primary amides is 1. The number of carbonyl (C=O) groups excluding carboxylic acids is 2. The number of ether oxygens (including phenoxy) is 1. The summed E-state index contributed by atoms with van der Waals surface area (Å²) in [5.41, 5.74) is 6.97. The van der Waals surface area contributed by atoms with Gasteiger partial charge in [0.05, 0.1) is 18.7 Å². The molecule has 0 spiro atoms. The topological polar surface area (TPSA) is 93.7 Å². The summed E-state index contributed by atoms with van der Waals surface area (Å²) < 4.78 is 35.1. The molecular formula is C21H25F2N5O3. The number of carbonyl (C=O) groups is 2. The minimum absolute atomic E-state index is 0.0620. The van der Waals surface area contributed by atoms with Gasteiger partial charge in [0.1, 0.15) is 24.2 Å². The maximum Gasteiger partial charge on any atom is 0.260 e. The zero-order valence-electron chi connectivity index (χ0n) is 17.4. The van der Waals surface area contributed by atoms with Crippen molar-refractivity contribution in [1.82, 2.24) is 14.5 Å². The van der Waals surface area contributed by atoms with E-state index in [0.717, 1.165) is 10.5 Å². The third-order valence-corrected chi connectivity index (χ3v) is 5.71. The maximum atomic E-state index is 13.7. The largest absolute Gasteiger partial charge is 0.491 e. The zero-order valence-corrected chi connectivity index (χ0v) is 17.4. The summed E-state index contributed by atoms with van der Waals surface area (Å²) in [7, 11) is 1.65. The van der Waals surface area contributed by atoms with E-state index in [2.05, 4.69) is 4.98 Å². The van der Waals surface area contributed by atoms with Crippen LogP contribution in [0.5, 0.6) is 5.75 Å². The maximum absolute atomic E-state index is 13.7. The Bertz CT molecular complexity index is 1010. The number of amides is 2. The van der Waals surface area contributed by atoms with E-state index in [4.69, 9.17) is 10.5 Å². The molecule has 0 aliphatic carbocycles. The summed E-state index contributed by atoms with van der Waals surface area (Å²) in [5, 5.41) is 0. The average Bonchev–Trinajstić information content (AvgIpc) is 3.03. The second-order valence-corrected chi connectivity index (χ2v) is 8.16. The second kappa shape index (κ2) is 8.26. The summed E-state index contributed by atoms with van der Waals surface area (Å²) in [5.74, 6) is 0.280. The summed E-state index contributed by atoms with van der Waals surface area (Å²) in [6.45, 7) is 2.73. The van der Waals surface area contributed by atoms with E-state index in [1.165, 1.54) is 0 Å². The number of hydrogen-bond acceptors (Lipinski definition) is 5. The number of halogens is 2. The van der Waals surface area contributed by atoms with Crippen LogP contribution in [-0.4, -0.2) is 65.5 Å². The van der Waals surface area contributed by atoms with Crippen molar-refractivity contribution in [3.63, 3.8) is 0 Å². The molecule has 10 heteroatoms. The second-order valence-electron chi connectivity index (χ2n) is 8.16. The number of aromatic nitrogens is 2. The van der Waals surface area contributed by atoms with Gasteiger partial charge in [-0.1, -0.05) is 13.0 Å². The lowest BCUT2D eigenvalue weighted by Crippen LogP contribution is -2.58. The fourth-order valence-corrected chi connectivity index (χ4v) is 4.06. The van der Waals surface area contributed by atoms with Crippen molar-refractivity contribution in [2.75, 3.05) is 31.6 Å². The molecule has 2 N–H and O–H groups in total. The Morgan fingerprint density at radius 3 is 2.87 bits per heavy atom. The number of anilines is 1. The standard InChI is InChI=1S/C21H25F2N5O3/c1-12(20(24)30)7-13-3-4-14-16(8-13)31-6-5-27-10-17(25-21(14)27)28-15(19(22)23)9-26(2)11-18(28)29/h3-4,8,10,12,15,19H,5-7,9,11H2,1-2H3,(H2,24,30)/t12-,15+/m1/s1. The zero-order chi connectivity index (χ0) is 22.3. The molecule has 1 fully saturated rings. The lowest BCUT2D eigenvalue weighted by Gasteiger charge is -2.37. The van der Waals surface area contributed by atoms with E-state index in [-0.39, 0.29) is 30.7 Å². The normalized spacial score (nSPS) is 20.1. The SMILES string of the molecule is C[C@H](Cc1ccc2c(c1)OCCn1cc(N3C(=O)CN(C)C[C@H]3C(F)F)nc1-2)C(N)=O. The highest BCUT2D eigenvalue weighted by Gasteiger charge is 2.39. The summed E-state index contributed by atoms with van der Waals surface area (Å²) in [4.78, 5) is 31.2. The molecule has 1 aromatic heterocycles. The van der Waals surface area contributed by atoms with E-state index >= 15 is 0 Å².